The standard InChI is InChI=1S/C17H18N2O7S/c1-11(27(23,24)14-7-4-12(5-8-14)19(21)22)17(20)18-15-9-6-13(25-2)10-16(15)26-3/h4-11H,1-3H3,(H,18,20)/t11-/m0/s1. The molecular formula is C17H18N2O7S. The molecule has 0 saturated heterocycles. The number of hydrogen-bond acceptors (Lipinski definition) is 7. The molecule has 2 rings (SSSR count). The fraction of sp³-hybridized carbons (Fsp3) is 0.235. The van der Waals surface area contributed by atoms with Crippen molar-refractivity contribution in [3.05, 3.63) is 52.6 Å². The van der Waals surface area contributed by atoms with Crippen LogP contribution < -0.4 is 14.8 Å². The summed E-state index contributed by atoms with van der Waals surface area (Å²) >= 11 is 0. The van der Waals surface area contributed by atoms with Crippen molar-refractivity contribution in [1.82, 2.24) is 0 Å². The molecule has 1 atom stereocenters. The summed E-state index contributed by atoms with van der Waals surface area (Å²) < 4.78 is 35.5. The van der Waals surface area contributed by atoms with E-state index < -0.39 is 25.9 Å². The molecule has 0 aliphatic carbocycles. The number of nitro benzene ring substituents is 1. The summed E-state index contributed by atoms with van der Waals surface area (Å²) in [5.74, 6) is 0.0517. The Morgan fingerprint density at radius 1 is 1.11 bits per heavy atom. The molecule has 0 fully saturated rings. The van der Waals surface area contributed by atoms with Crippen molar-refractivity contribution in [2.24, 2.45) is 0 Å². The zero-order valence-electron chi connectivity index (χ0n) is 14.8. The number of anilines is 1. The van der Waals surface area contributed by atoms with Gasteiger partial charge in [0.25, 0.3) is 5.69 Å². The van der Waals surface area contributed by atoms with Gasteiger partial charge in [0.2, 0.25) is 5.91 Å². The van der Waals surface area contributed by atoms with Gasteiger partial charge in [0.05, 0.1) is 29.7 Å². The van der Waals surface area contributed by atoms with Gasteiger partial charge in [0.15, 0.2) is 9.84 Å². The number of amides is 1. The van der Waals surface area contributed by atoms with Crippen LogP contribution >= 0.6 is 0 Å². The molecule has 144 valence electrons. The quantitative estimate of drug-likeness (QED) is 0.565. The second-order valence-corrected chi connectivity index (χ2v) is 7.76. The SMILES string of the molecule is COc1ccc(NC(=O)[C@H](C)S(=O)(=O)c2ccc([N+](=O)[O-])cc2)c(OC)c1. The van der Waals surface area contributed by atoms with E-state index in [-0.39, 0.29) is 16.3 Å². The predicted molar refractivity (Wildman–Crippen MR) is 97.9 cm³/mol. The molecule has 9 nitrogen and oxygen atoms in total. The molecule has 0 radical (unpaired) electrons. The molecule has 27 heavy (non-hydrogen) atoms. The second kappa shape index (κ2) is 8.04. The maximum atomic E-state index is 12.6. The molecule has 1 amide bonds. The highest BCUT2D eigenvalue weighted by molar-refractivity contribution is 7.92. The minimum atomic E-state index is -4.03. The van der Waals surface area contributed by atoms with Crippen molar-refractivity contribution in [3.8, 4) is 11.5 Å². The Morgan fingerprint density at radius 2 is 1.74 bits per heavy atom. The fourth-order valence-corrected chi connectivity index (χ4v) is 3.50. The summed E-state index contributed by atoms with van der Waals surface area (Å²) in [4.78, 5) is 22.3. The van der Waals surface area contributed by atoms with Crippen LogP contribution in [-0.2, 0) is 14.6 Å². The fourth-order valence-electron chi connectivity index (χ4n) is 2.24. The van der Waals surface area contributed by atoms with Crippen LogP contribution in [-0.4, -0.2) is 38.7 Å². The number of sulfone groups is 1. The highest BCUT2D eigenvalue weighted by atomic mass is 32.2. The van der Waals surface area contributed by atoms with Crippen molar-refractivity contribution in [3.63, 3.8) is 0 Å². The summed E-state index contributed by atoms with van der Waals surface area (Å²) in [5, 5.41) is 11.8. The molecular weight excluding hydrogens is 376 g/mol. The van der Waals surface area contributed by atoms with Gasteiger partial charge in [-0.2, -0.15) is 0 Å². The average Bonchev–Trinajstić information content (AvgIpc) is 2.67. The van der Waals surface area contributed by atoms with E-state index in [1.54, 1.807) is 12.1 Å². The Labute approximate surface area is 156 Å². The predicted octanol–water partition coefficient (Wildman–Crippen LogP) is 2.41. The molecule has 0 aliphatic heterocycles. The minimum absolute atomic E-state index is 0.183. The van der Waals surface area contributed by atoms with Crippen LogP contribution in [0.4, 0.5) is 11.4 Å². The first-order chi connectivity index (χ1) is 12.7. The van der Waals surface area contributed by atoms with Crippen molar-refractivity contribution < 1.29 is 27.6 Å². The number of ether oxygens (including phenoxy) is 2. The smallest absolute Gasteiger partial charge is 0.269 e. The van der Waals surface area contributed by atoms with Gasteiger partial charge in [-0.25, -0.2) is 8.42 Å². The highest BCUT2D eigenvalue weighted by Crippen LogP contribution is 2.29. The second-order valence-electron chi connectivity index (χ2n) is 5.49. The number of nitro groups is 1. The Balaban J connectivity index is 2.24. The van der Waals surface area contributed by atoms with Crippen LogP contribution in [0.5, 0.6) is 11.5 Å². The monoisotopic (exact) mass is 394 g/mol. The maximum Gasteiger partial charge on any atom is 0.269 e. The van der Waals surface area contributed by atoms with Gasteiger partial charge in [-0.15, -0.1) is 0 Å². The van der Waals surface area contributed by atoms with Gasteiger partial charge in [-0.1, -0.05) is 0 Å². The number of rotatable bonds is 7. The van der Waals surface area contributed by atoms with E-state index in [1.165, 1.54) is 27.2 Å². The van der Waals surface area contributed by atoms with Gasteiger partial charge in [-0.3, -0.25) is 14.9 Å². The summed E-state index contributed by atoms with van der Waals surface area (Å²) in [6.07, 6.45) is 0. The van der Waals surface area contributed by atoms with Gasteiger partial charge in [0.1, 0.15) is 16.7 Å². The molecule has 0 spiro atoms. The molecule has 0 unspecified atom stereocenters. The molecule has 0 aliphatic rings. The third-order valence-electron chi connectivity index (χ3n) is 3.88. The van der Waals surface area contributed by atoms with Gasteiger partial charge in [-0.05, 0) is 31.2 Å². The van der Waals surface area contributed by atoms with E-state index in [0.29, 0.717) is 11.5 Å². The zero-order chi connectivity index (χ0) is 20.2. The van der Waals surface area contributed by atoms with E-state index in [9.17, 15) is 23.3 Å². The topological polar surface area (TPSA) is 125 Å². The van der Waals surface area contributed by atoms with E-state index in [2.05, 4.69) is 5.32 Å². The van der Waals surface area contributed by atoms with Crippen LogP contribution in [0.2, 0.25) is 0 Å². The van der Waals surface area contributed by atoms with E-state index in [1.807, 2.05) is 0 Å². The first-order valence-corrected chi connectivity index (χ1v) is 9.26. The Kier molecular flexibility index (Phi) is 6.01. The van der Waals surface area contributed by atoms with E-state index in [0.717, 1.165) is 24.3 Å². The number of methoxy groups -OCH3 is 2. The van der Waals surface area contributed by atoms with Crippen LogP contribution in [0.1, 0.15) is 6.92 Å². The summed E-state index contributed by atoms with van der Waals surface area (Å²) in [5.41, 5.74) is 0.0445. The molecule has 0 bridgehead atoms. The normalized spacial score (nSPS) is 12.1. The van der Waals surface area contributed by atoms with Crippen molar-refractivity contribution in [2.45, 2.75) is 17.1 Å². The Bertz CT molecular complexity index is 956. The molecule has 0 saturated carbocycles. The van der Waals surface area contributed by atoms with Gasteiger partial charge in [0, 0.05) is 18.2 Å². The highest BCUT2D eigenvalue weighted by Gasteiger charge is 2.30. The van der Waals surface area contributed by atoms with Crippen LogP contribution in [0, 0.1) is 10.1 Å². The number of hydrogen-bond donors (Lipinski definition) is 1. The summed E-state index contributed by atoms with van der Waals surface area (Å²) in [7, 11) is -1.15. The molecule has 0 heterocycles. The van der Waals surface area contributed by atoms with Gasteiger partial charge < -0.3 is 14.8 Å². The van der Waals surface area contributed by atoms with Crippen LogP contribution in [0.3, 0.4) is 0 Å². The number of nitrogens with zero attached hydrogens (tertiary/aromatic N) is 1. The first kappa shape index (κ1) is 20.2. The zero-order valence-corrected chi connectivity index (χ0v) is 15.6. The third kappa shape index (κ3) is 4.34. The molecule has 2 aromatic carbocycles. The lowest BCUT2D eigenvalue weighted by Gasteiger charge is -2.15. The van der Waals surface area contributed by atoms with Crippen LogP contribution in [0.25, 0.3) is 0 Å². The van der Waals surface area contributed by atoms with E-state index >= 15 is 0 Å². The average molecular weight is 394 g/mol. The number of nitrogens with one attached hydrogen (secondary N) is 1. The summed E-state index contributed by atoms with van der Waals surface area (Å²) in [6, 6.07) is 9.02. The Morgan fingerprint density at radius 3 is 2.26 bits per heavy atom. The third-order valence-corrected chi connectivity index (χ3v) is 5.95. The molecule has 1 N–H and O–H groups in total. The number of carbonyl (C=O) groups is 1. The molecule has 2 aromatic rings. The lowest BCUT2D eigenvalue weighted by atomic mass is 10.2. The lowest BCUT2D eigenvalue weighted by molar-refractivity contribution is -0.384. The molecule has 0 aromatic heterocycles. The van der Waals surface area contributed by atoms with Crippen molar-refractivity contribution in [2.75, 3.05) is 19.5 Å². The lowest BCUT2D eigenvalue weighted by Crippen LogP contribution is -2.32. The summed E-state index contributed by atoms with van der Waals surface area (Å²) in [6.45, 7) is 1.24. The number of benzene rings is 2. The van der Waals surface area contributed by atoms with E-state index in [4.69, 9.17) is 9.47 Å². The Hall–Kier alpha value is -3.14. The maximum absolute atomic E-state index is 12.6. The number of carbonyl (C=O) groups excluding carboxylic acids is 1. The first-order valence-electron chi connectivity index (χ1n) is 7.72. The number of non-ortho nitro benzene ring substituents is 1. The minimum Gasteiger partial charge on any atom is -0.497 e. The largest absolute Gasteiger partial charge is 0.497 e. The van der Waals surface area contributed by atoms with Gasteiger partial charge >= 0.3 is 0 Å². The van der Waals surface area contributed by atoms with Crippen molar-refractivity contribution in [1.29, 1.82) is 0 Å². The molecule has 10 heteroatoms. The van der Waals surface area contributed by atoms with Crippen molar-refractivity contribution >= 4 is 27.1 Å². The van der Waals surface area contributed by atoms with Crippen LogP contribution in [0.15, 0.2) is 47.4 Å².